The molecule has 9 nitrogen and oxygen atoms in total. The zero-order chi connectivity index (χ0) is 37.1. The number of methoxy groups -OCH3 is 1. The summed E-state index contributed by atoms with van der Waals surface area (Å²) in [5, 5.41) is 9.46. The number of aryl methyl sites for hydroxylation is 1. The topological polar surface area (TPSA) is 114 Å². The molecule has 5 aromatic rings. The number of terminal acetylenes is 2. The number of ether oxygens (including phenoxy) is 3. The molecule has 0 aliphatic carbocycles. The van der Waals surface area contributed by atoms with Gasteiger partial charge in [-0.25, -0.2) is 4.79 Å². The van der Waals surface area contributed by atoms with Crippen LogP contribution >= 0.6 is 0 Å². The predicted octanol–water partition coefficient (Wildman–Crippen LogP) is 6.85. The number of carbonyl (C=O) groups is 2. The van der Waals surface area contributed by atoms with Crippen molar-refractivity contribution in [3.05, 3.63) is 132 Å². The largest absolute Gasteiger partial charge is 0.490 e. The van der Waals surface area contributed by atoms with Gasteiger partial charge in [0.05, 0.1) is 13.7 Å². The number of nitrogens with one attached hydrogen (secondary N) is 4. The summed E-state index contributed by atoms with van der Waals surface area (Å²) in [5.41, 5.74) is 5.66. The van der Waals surface area contributed by atoms with Crippen LogP contribution in [0.3, 0.4) is 0 Å². The lowest BCUT2D eigenvalue weighted by atomic mass is 10.1. The number of hydrogen-bond donors (Lipinski definition) is 4. The Morgan fingerprint density at radius 3 is 2.10 bits per heavy atom. The van der Waals surface area contributed by atoms with Crippen LogP contribution in [0.1, 0.15) is 23.6 Å². The summed E-state index contributed by atoms with van der Waals surface area (Å²) in [4.78, 5) is 25.5. The van der Waals surface area contributed by atoms with Gasteiger partial charge < -0.3 is 35.1 Å². The average Bonchev–Trinajstić information content (AvgIpc) is 3.70. The maximum atomic E-state index is 11.5. The molecule has 0 saturated carbocycles. The fraction of sp³-hybridized carbons (Fsp3) is 0.238. The summed E-state index contributed by atoms with van der Waals surface area (Å²) in [5.74, 6) is 0.634. The molecule has 0 bridgehead atoms. The maximum Gasteiger partial charge on any atom is 0.407 e. The van der Waals surface area contributed by atoms with E-state index in [9.17, 15) is 9.59 Å². The number of H-pyrrole nitrogens is 1. The lowest BCUT2D eigenvalue weighted by Crippen LogP contribution is -2.41. The fourth-order valence-electron chi connectivity index (χ4n) is 4.89. The quantitative estimate of drug-likeness (QED) is 0.126. The molecule has 1 fully saturated rings. The molecule has 1 aromatic heterocycles. The van der Waals surface area contributed by atoms with E-state index in [4.69, 9.17) is 9.47 Å². The molecule has 6 rings (SSSR count). The number of aromatic amines is 1. The Bertz CT molecular complexity index is 1690. The second-order valence-corrected chi connectivity index (χ2v) is 10.8. The molecule has 0 radical (unpaired) electrons. The Labute approximate surface area is 302 Å². The number of para-hydroxylation sites is 1. The van der Waals surface area contributed by atoms with Crippen LogP contribution in [-0.4, -0.2) is 63.0 Å². The third-order valence-electron chi connectivity index (χ3n) is 7.33. The second kappa shape index (κ2) is 25.0. The zero-order valence-electron chi connectivity index (χ0n) is 29.3. The van der Waals surface area contributed by atoms with E-state index < -0.39 is 6.09 Å². The molecule has 1 aliphatic heterocycles. The molecule has 4 N–H and O–H groups in total. The SMILES string of the molecule is C#C.C#C.CCc1ccccc1NC(=O)CNC(=O)OC.c1cc(OC[C@@H]2CNCCO2)c2cc[nH]c2c1.c1ccc(Cc2ccccc2)cc1. The third kappa shape index (κ3) is 15.4. The minimum atomic E-state index is -0.621. The van der Waals surface area contributed by atoms with Crippen LogP contribution in [0.25, 0.3) is 10.9 Å². The van der Waals surface area contributed by atoms with Gasteiger partial charge in [-0.05, 0) is 53.8 Å². The Kier molecular flexibility index (Phi) is 20.2. The van der Waals surface area contributed by atoms with Gasteiger partial charge in [0.25, 0.3) is 0 Å². The van der Waals surface area contributed by atoms with Gasteiger partial charge in [0.1, 0.15) is 25.0 Å². The standard InChI is InChI=1S/C13H16N2O2.C13H12.C12H16N2O3.2C2H2/c1-2-12-11(4-5-15-12)13(3-1)17-9-10-8-14-6-7-16-10;1-3-7-12(8-4-1)11-13-9-5-2-6-10-13;1-3-9-6-4-5-7-10(9)14-11(15)8-13-12(16)17-2;2*1-2/h1-5,10,14-15H,6-9H2;1-10H,11H2;4-7H,3,8H2,1-2H3,(H,13,16)(H,14,15);2*1-2H/t10-;;;;/m0..../s1. The molecule has 266 valence electrons. The molecule has 51 heavy (non-hydrogen) atoms. The molecule has 0 spiro atoms. The Morgan fingerprint density at radius 1 is 0.843 bits per heavy atom. The van der Waals surface area contributed by atoms with Gasteiger partial charge >= 0.3 is 6.09 Å². The molecule has 1 atom stereocenters. The third-order valence-corrected chi connectivity index (χ3v) is 7.33. The van der Waals surface area contributed by atoms with E-state index in [0.717, 1.165) is 60.4 Å². The zero-order valence-corrected chi connectivity index (χ0v) is 29.3. The van der Waals surface area contributed by atoms with Crippen LogP contribution in [0, 0.1) is 25.7 Å². The van der Waals surface area contributed by atoms with Gasteiger partial charge in [0.15, 0.2) is 0 Å². The summed E-state index contributed by atoms with van der Waals surface area (Å²) in [7, 11) is 1.25. The number of alkyl carbamates (subject to hydrolysis) is 1. The summed E-state index contributed by atoms with van der Waals surface area (Å²) >= 11 is 0. The average molecular weight is 689 g/mol. The summed E-state index contributed by atoms with van der Waals surface area (Å²) in [6.07, 6.45) is 19.3. The van der Waals surface area contributed by atoms with Gasteiger partial charge in [-0.15, -0.1) is 25.7 Å². The summed E-state index contributed by atoms with van der Waals surface area (Å²) < 4.78 is 15.8. The van der Waals surface area contributed by atoms with Gasteiger partial charge in [0, 0.05) is 35.9 Å². The fourth-order valence-corrected chi connectivity index (χ4v) is 4.89. The van der Waals surface area contributed by atoms with E-state index in [1.165, 1.54) is 18.2 Å². The molecule has 2 amide bonds. The number of hydrogen-bond acceptors (Lipinski definition) is 6. The van der Waals surface area contributed by atoms with Crippen molar-refractivity contribution >= 4 is 28.6 Å². The van der Waals surface area contributed by atoms with Crippen molar-refractivity contribution in [2.24, 2.45) is 0 Å². The van der Waals surface area contributed by atoms with Gasteiger partial charge in [-0.3, -0.25) is 4.79 Å². The van der Waals surface area contributed by atoms with Crippen molar-refractivity contribution in [3.8, 4) is 31.4 Å². The predicted molar refractivity (Wildman–Crippen MR) is 207 cm³/mol. The number of aromatic nitrogens is 1. The minimum Gasteiger partial charge on any atom is -0.490 e. The highest BCUT2D eigenvalue weighted by Gasteiger charge is 2.14. The summed E-state index contributed by atoms with van der Waals surface area (Å²) in [6, 6.07) is 36.7. The van der Waals surface area contributed by atoms with E-state index in [1.54, 1.807) is 0 Å². The van der Waals surface area contributed by atoms with Crippen LogP contribution in [-0.2, 0) is 27.1 Å². The van der Waals surface area contributed by atoms with Crippen molar-refractivity contribution in [2.75, 3.05) is 45.3 Å². The first-order chi connectivity index (χ1) is 25.1. The van der Waals surface area contributed by atoms with Crippen molar-refractivity contribution < 1.29 is 23.8 Å². The highest BCUT2D eigenvalue weighted by atomic mass is 16.5. The van der Waals surface area contributed by atoms with Gasteiger partial charge in [0.2, 0.25) is 5.91 Å². The lowest BCUT2D eigenvalue weighted by molar-refractivity contribution is -0.115. The molecule has 4 aromatic carbocycles. The first-order valence-corrected chi connectivity index (χ1v) is 16.5. The number of amides is 2. The van der Waals surface area contributed by atoms with Crippen LogP contribution in [0.15, 0.2) is 115 Å². The second-order valence-electron chi connectivity index (χ2n) is 10.8. The van der Waals surface area contributed by atoms with Crippen molar-refractivity contribution in [2.45, 2.75) is 25.9 Å². The number of rotatable bonds is 9. The molecule has 9 heteroatoms. The Morgan fingerprint density at radius 2 is 1.49 bits per heavy atom. The molecule has 2 heterocycles. The smallest absolute Gasteiger partial charge is 0.407 e. The van der Waals surface area contributed by atoms with E-state index in [1.807, 2.05) is 61.7 Å². The first-order valence-electron chi connectivity index (χ1n) is 16.5. The lowest BCUT2D eigenvalue weighted by Gasteiger charge is -2.23. The van der Waals surface area contributed by atoms with Crippen LogP contribution < -0.4 is 20.7 Å². The van der Waals surface area contributed by atoms with E-state index in [2.05, 4.69) is 112 Å². The number of fused-ring (bicyclic) bond motifs is 1. The van der Waals surface area contributed by atoms with Crippen molar-refractivity contribution in [1.29, 1.82) is 0 Å². The first kappa shape index (κ1) is 41.2. The van der Waals surface area contributed by atoms with Crippen LogP contribution in [0.2, 0.25) is 0 Å². The number of carbonyl (C=O) groups excluding carboxylic acids is 2. The Hall–Kier alpha value is -6.00. The minimum absolute atomic E-state index is 0.106. The number of anilines is 1. The normalized spacial score (nSPS) is 12.6. The molecule has 0 unspecified atom stereocenters. The van der Waals surface area contributed by atoms with Crippen molar-refractivity contribution in [3.63, 3.8) is 0 Å². The maximum absolute atomic E-state index is 11.5. The molecule has 1 aliphatic rings. The molecule has 1 saturated heterocycles. The van der Waals surface area contributed by atoms with Crippen LogP contribution in [0.4, 0.5) is 10.5 Å². The van der Waals surface area contributed by atoms with E-state index in [-0.39, 0.29) is 18.6 Å². The van der Waals surface area contributed by atoms with E-state index >= 15 is 0 Å². The van der Waals surface area contributed by atoms with Crippen molar-refractivity contribution in [1.82, 2.24) is 15.6 Å². The Balaban J connectivity index is 0.000000254. The summed E-state index contributed by atoms with van der Waals surface area (Å²) in [6.45, 7) is 5.06. The molecular weight excluding hydrogens is 640 g/mol. The van der Waals surface area contributed by atoms with Crippen LogP contribution in [0.5, 0.6) is 5.75 Å². The highest BCUT2D eigenvalue weighted by molar-refractivity contribution is 5.94. The van der Waals surface area contributed by atoms with Gasteiger partial charge in [-0.1, -0.05) is 91.9 Å². The van der Waals surface area contributed by atoms with E-state index in [0.29, 0.717) is 6.61 Å². The number of benzene rings is 4. The molecular formula is C42H48N4O5. The number of morpholine rings is 1. The van der Waals surface area contributed by atoms with Gasteiger partial charge in [-0.2, -0.15) is 0 Å². The highest BCUT2D eigenvalue weighted by Crippen LogP contribution is 2.24. The monoisotopic (exact) mass is 688 g/mol.